The molecule has 3 atom stereocenters. The Bertz CT molecular complexity index is 682. The van der Waals surface area contributed by atoms with Crippen molar-refractivity contribution in [2.45, 2.75) is 43.4 Å². The van der Waals surface area contributed by atoms with Crippen molar-refractivity contribution in [3.8, 4) is 0 Å². The van der Waals surface area contributed by atoms with Crippen LogP contribution >= 0.6 is 0 Å². The molecule has 1 aromatic rings. The summed E-state index contributed by atoms with van der Waals surface area (Å²) in [5.41, 5.74) is 0.774. The maximum Gasteiger partial charge on any atom is 0.407 e. The van der Waals surface area contributed by atoms with Crippen molar-refractivity contribution in [2.24, 2.45) is 0 Å². The number of nitrogens with zero attached hydrogens (tertiary/aromatic N) is 1. The van der Waals surface area contributed by atoms with Crippen molar-refractivity contribution in [2.75, 3.05) is 26.3 Å². The van der Waals surface area contributed by atoms with E-state index < -0.39 is 43.0 Å². The maximum absolute atomic E-state index is 13.4. The molecule has 3 rings (SSSR count). The van der Waals surface area contributed by atoms with Crippen molar-refractivity contribution in [1.82, 2.24) is 10.2 Å². The highest BCUT2D eigenvalue weighted by Crippen LogP contribution is 2.27. The molecule has 0 bridgehead atoms. The number of alkyl halides is 2. The van der Waals surface area contributed by atoms with Crippen LogP contribution < -0.4 is 5.32 Å². The number of ether oxygens (including phenoxy) is 2. The number of alkyl carbamates (subject to hydrolysis) is 1. The van der Waals surface area contributed by atoms with E-state index in [2.05, 4.69) is 5.32 Å². The molecule has 2 amide bonds. The third kappa shape index (κ3) is 5.39. The fourth-order valence-electron chi connectivity index (χ4n) is 3.34. The van der Waals surface area contributed by atoms with Gasteiger partial charge < -0.3 is 24.8 Å². The molecule has 9 heteroatoms. The van der Waals surface area contributed by atoms with Crippen molar-refractivity contribution in [3.05, 3.63) is 35.9 Å². The quantitative estimate of drug-likeness (QED) is 0.755. The lowest BCUT2D eigenvalue weighted by molar-refractivity contribution is -0.142. The molecule has 2 N–H and O–H groups in total. The lowest BCUT2D eigenvalue weighted by Crippen LogP contribution is -2.53. The number of likely N-dealkylation sites (tertiary alicyclic amines) is 1. The van der Waals surface area contributed by atoms with Crippen molar-refractivity contribution in [3.63, 3.8) is 0 Å². The molecule has 7 nitrogen and oxygen atoms in total. The van der Waals surface area contributed by atoms with Crippen LogP contribution in [0.15, 0.2) is 30.3 Å². The van der Waals surface area contributed by atoms with E-state index in [-0.39, 0.29) is 19.1 Å². The van der Waals surface area contributed by atoms with Gasteiger partial charge in [-0.25, -0.2) is 13.6 Å². The summed E-state index contributed by atoms with van der Waals surface area (Å²) >= 11 is 0. The standard InChI is InChI=1S/C19H24F2N2O5/c20-19(21)7-8-23(12-19)17(25)16(24)15(10-13-4-2-1-3-5-13)22-18(26)28-14-6-9-27-11-14/h1-5,14-16,24H,6-12H2,(H,22,26)/t14?,15?,16-/m0/s1. The third-order valence-corrected chi connectivity index (χ3v) is 4.88. The minimum atomic E-state index is -2.96. The first-order chi connectivity index (χ1) is 13.3. The second-order valence-electron chi connectivity index (χ2n) is 7.14. The number of aliphatic hydroxyl groups is 1. The van der Waals surface area contributed by atoms with Gasteiger partial charge in [0.25, 0.3) is 11.8 Å². The van der Waals surface area contributed by atoms with E-state index >= 15 is 0 Å². The van der Waals surface area contributed by atoms with Crippen LogP contribution in [0.4, 0.5) is 13.6 Å². The highest BCUT2D eigenvalue weighted by molar-refractivity contribution is 5.82. The number of carbonyl (C=O) groups excluding carboxylic acids is 2. The van der Waals surface area contributed by atoms with Gasteiger partial charge in [0.2, 0.25) is 0 Å². The average molecular weight is 398 g/mol. The Balaban J connectivity index is 1.67. The lowest BCUT2D eigenvalue weighted by Gasteiger charge is -2.27. The Hall–Kier alpha value is -2.26. The predicted octanol–water partition coefficient (Wildman–Crippen LogP) is 1.34. The molecule has 154 valence electrons. The summed E-state index contributed by atoms with van der Waals surface area (Å²) in [6.07, 6.45) is -2.56. The number of hydrogen-bond donors (Lipinski definition) is 2. The zero-order valence-electron chi connectivity index (χ0n) is 15.4. The fourth-order valence-corrected chi connectivity index (χ4v) is 3.34. The summed E-state index contributed by atoms with van der Waals surface area (Å²) in [4.78, 5) is 25.7. The monoisotopic (exact) mass is 398 g/mol. The highest BCUT2D eigenvalue weighted by Gasteiger charge is 2.43. The van der Waals surface area contributed by atoms with Gasteiger partial charge in [-0.15, -0.1) is 0 Å². The number of benzene rings is 1. The van der Waals surface area contributed by atoms with Crippen molar-refractivity contribution in [1.29, 1.82) is 0 Å². The minimum Gasteiger partial charge on any atom is -0.444 e. The molecule has 0 aliphatic carbocycles. The number of halogens is 2. The third-order valence-electron chi connectivity index (χ3n) is 4.88. The average Bonchev–Trinajstić information content (AvgIpc) is 3.30. The topological polar surface area (TPSA) is 88.1 Å². The van der Waals surface area contributed by atoms with Crippen LogP contribution in [0.5, 0.6) is 0 Å². The summed E-state index contributed by atoms with van der Waals surface area (Å²) in [6, 6.07) is 7.94. The van der Waals surface area contributed by atoms with E-state index in [0.29, 0.717) is 19.6 Å². The molecular formula is C19H24F2N2O5. The van der Waals surface area contributed by atoms with E-state index in [1.54, 1.807) is 24.3 Å². The van der Waals surface area contributed by atoms with Gasteiger partial charge in [0, 0.05) is 19.4 Å². The van der Waals surface area contributed by atoms with Gasteiger partial charge in [0.1, 0.15) is 6.10 Å². The van der Waals surface area contributed by atoms with Gasteiger partial charge in [-0.05, 0) is 12.0 Å². The van der Waals surface area contributed by atoms with E-state index in [1.807, 2.05) is 6.07 Å². The molecule has 0 spiro atoms. The first-order valence-corrected chi connectivity index (χ1v) is 9.27. The molecule has 0 saturated carbocycles. The zero-order chi connectivity index (χ0) is 20.1. The molecule has 1 aromatic carbocycles. The Morgan fingerprint density at radius 2 is 2.11 bits per heavy atom. The van der Waals surface area contributed by atoms with E-state index in [0.717, 1.165) is 10.5 Å². The normalized spacial score (nSPS) is 23.2. The van der Waals surface area contributed by atoms with Crippen LogP contribution in [-0.2, 0) is 20.7 Å². The first-order valence-electron chi connectivity index (χ1n) is 9.27. The van der Waals surface area contributed by atoms with Crippen LogP contribution in [0.1, 0.15) is 18.4 Å². The van der Waals surface area contributed by atoms with E-state index in [4.69, 9.17) is 9.47 Å². The fraction of sp³-hybridized carbons (Fsp3) is 0.579. The molecule has 2 aliphatic heterocycles. The number of amides is 2. The molecule has 28 heavy (non-hydrogen) atoms. The summed E-state index contributed by atoms with van der Waals surface area (Å²) in [5.74, 6) is -3.79. The summed E-state index contributed by atoms with van der Waals surface area (Å²) in [5, 5.41) is 13.1. The Morgan fingerprint density at radius 3 is 2.71 bits per heavy atom. The Morgan fingerprint density at radius 1 is 1.36 bits per heavy atom. The second kappa shape index (κ2) is 8.83. The van der Waals surface area contributed by atoms with Crippen LogP contribution in [0.3, 0.4) is 0 Å². The highest BCUT2D eigenvalue weighted by atomic mass is 19.3. The van der Waals surface area contributed by atoms with Gasteiger partial charge in [0.15, 0.2) is 6.10 Å². The van der Waals surface area contributed by atoms with Gasteiger partial charge in [-0.3, -0.25) is 4.79 Å². The van der Waals surface area contributed by atoms with Gasteiger partial charge in [0.05, 0.1) is 25.8 Å². The predicted molar refractivity (Wildman–Crippen MR) is 94.9 cm³/mol. The maximum atomic E-state index is 13.4. The van der Waals surface area contributed by atoms with Crippen LogP contribution in [0.25, 0.3) is 0 Å². The molecular weight excluding hydrogens is 374 g/mol. The Labute approximate surface area is 161 Å². The summed E-state index contributed by atoms with van der Waals surface area (Å²) < 4.78 is 37.2. The first kappa shape index (κ1) is 20.5. The number of hydrogen-bond acceptors (Lipinski definition) is 5. The zero-order valence-corrected chi connectivity index (χ0v) is 15.4. The number of aliphatic hydroxyl groups excluding tert-OH is 1. The molecule has 2 unspecified atom stereocenters. The minimum absolute atomic E-state index is 0.134. The molecule has 2 saturated heterocycles. The van der Waals surface area contributed by atoms with Gasteiger partial charge >= 0.3 is 6.09 Å². The van der Waals surface area contributed by atoms with Crippen molar-refractivity contribution >= 4 is 12.0 Å². The van der Waals surface area contributed by atoms with E-state index in [9.17, 15) is 23.5 Å². The van der Waals surface area contributed by atoms with Crippen LogP contribution in [0.2, 0.25) is 0 Å². The smallest absolute Gasteiger partial charge is 0.407 e. The van der Waals surface area contributed by atoms with Gasteiger partial charge in [-0.1, -0.05) is 30.3 Å². The Kier molecular flexibility index (Phi) is 6.46. The number of nitrogens with one attached hydrogen (secondary N) is 1. The number of carbonyl (C=O) groups is 2. The van der Waals surface area contributed by atoms with Gasteiger partial charge in [-0.2, -0.15) is 0 Å². The molecule has 0 aromatic heterocycles. The summed E-state index contributed by atoms with van der Waals surface area (Å²) in [7, 11) is 0. The SMILES string of the molecule is O=C(NC(Cc1ccccc1)[C@H](O)C(=O)N1CCC(F)(F)C1)OC1CCOC1. The number of rotatable bonds is 6. The van der Waals surface area contributed by atoms with Crippen LogP contribution in [-0.4, -0.2) is 72.5 Å². The molecule has 2 heterocycles. The molecule has 0 radical (unpaired) electrons. The largest absolute Gasteiger partial charge is 0.444 e. The lowest BCUT2D eigenvalue weighted by atomic mass is 10.0. The van der Waals surface area contributed by atoms with Crippen LogP contribution in [0, 0.1) is 0 Å². The second-order valence-corrected chi connectivity index (χ2v) is 7.14. The van der Waals surface area contributed by atoms with Crippen molar-refractivity contribution < 1.29 is 33.0 Å². The molecule has 2 fully saturated rings. The summed E-state index contributed by atoms with van der Waals surface area (Å²) in [6.45, 7) is -0.0770. The molecule has 2 aliphatic rings. The van der Waals surface area contributed by atoms with E-state index in [1.165, 1.54) is 0 Å².